The number of halogens is 2. The Morgan fingerprint density at radius 3 is 2.58 bits per heavy atom. The number of amides is 1. The average Bonchev–Trinajstić information content (AvgIpc) is 2.67. The predicted octanol–water partition coefficient (Wildman–Crippen LogP) is 3.58. The lowest BCUT2D eigenvalue weighted by molar-refractivity contribution is 0.0740. The summed E-state index contributed by atoms with van der Waals surface area (Å²) >= 11 is 0. The van der Waals surface area contributed by atoms with Crippen molar-refractivity contribution >= 4 is 5.91 Å². The van der Waals surface area contributed by atoms with Gasteiger partial charge >= 0.3 is 0 Å². The zero-order valence-corrected chi connectivity index (χ0v) is 14.7. The summed E-state index contributed by atoms with van der Waals surface area (Å²) in [6.07, 6.45) is 0. The van der Waals surface area contributed by atoms with Crippen LogP contribution in [0.15, 0.2) is 30.3 Å². The van der Waals surface area contributed by atoms with E-state index in [1.807, 2.05) is 0 Å². The van der Waals surface area contributed by atoms with Crippen LogP contribution in [-0.4, -0.2) is 38.2 Å². The van der Waals surface area contributed by atoms with E-state index in [1.54, 1.807) is 26.1 Å². The fraction of sp³-hybridized carbons (Fsp3) is 0.316. The van der Waals surface area contributed by atoms with Crippen molar-refractivity contribution in [3.05, 3.63) is 53.1 Å². The first-order valence-corrected chi connectivity index (χ1v) is 8.12. The Labute approximate surface area is 150 Å². The molecular formula is C19H19F2NO4. The van der Waals surface area contributed by atoms with Crippen molar-refractivity contribution in [1.82, 2.24) is 4.90 Å². The second-order valence-electron chi connectivity index (χ2n) is 5.97. The summed E-state index contributed by atoms with van der Waals surface area (Å²) in [7, 11) is 3.08. The van der Waals surface area contributed by atoms with E-state index < -0.39 is 17.7 Å². The summed E-state index contributed by atoms with van der Waals surface area (Å²) in [4.78, 5) is 14.3. The molecule has 0 saturated heterocycles. The third-order valence-corrected chi connectivity index (χ3v) is 4.40. The third-order valence-electron chi connectivity index (χ3n) is 4.40. The number of rotatable bonds is 4. The number of methoxy groups -OCH3 is 1. The zero-order valence-electron chi connectivity index (χ0n) is 14.7. The van der Waals surface area contributed by atoms with Crippen LogP contribution in [0.2, 0.25) is 0 Å². The molecule has 7 heteroatoms. The van der Waals surface area contributed by atoms with Gasteiger partial charge in [-0.2, -0.15) is 0 Å². The maximum atomic E-state index is 13.5. The van der Waals surface area contributed by atoms with E-state index in [2.05, 4.69) is 0 Å². The van der Waals surface area contributed by atoms with Crippen LogP contribution in [-0.2, 0) is 0 Å². The lowest BCUT2D eigenvalue weighted by atomic mass is 10.1. The standard InChI is InChI=1S/C19H19F2NO4/c1-11(12-4-5-14(20)15(21)8-12)22(2)19(23)13-9-16(24-3)18-17(10-13)25-6-7-26-18/h4-5,8-11H,6-7H2,1-3H3. The van der Waals surface area contributed by atoms with Crippen LogP contribution in [0.5, 0.6) is 17.2 Å². The zero-order chi connectivity index (χ0) is 18.8. The normalized spacial score (nSPS) is 13.9. The molecule has 1 heterocycles. The van der Waals surface area contributed by atoms with Crippen molar-refractivity contribution < 1.29 is 27.8 Å². The van der Waals surface area contributed by atoms with Crippen LogP contribution >= 0.6 is 0 Å². The van der Waals surface area contributed by atoms with Crippen LogP contribution in [0.4, 0.5) is 8.78 Å². The van der Waals surface area contributed by atoms with Gasteiger partial charge in [-0.25, -0.2) is 8.78 Å². The van der Waals surface area contributed by atoms with E-state index in [9.17, 15) is 13.6 Å². The van der Waals surface area contributed by atoms with Crippen molar-refractivity contribution in [2.24, 2.45) is 0 Å². The topological polar surface area (TPSA) is 48.0 Å². The van der Waals surface area contributed by atoms with Crippen LogP contribution in [0.1, 0.15) is 28.9 Å². The quantitative estimate of drug-likeness (QED) is 0.833. The molecule has 0 aliphatic carbocycles. The molecule has 0 saturated carbocycles. The molecule has 2 aromatic rings. The van der Waals surface area contributed by atoms with Crippen LogP contribution in [0, 0.1) is 11.6 Å². The molecule has 26 heavy (non-hydrogen) atoms. The Hall–Kier alpha value is -2.83. The van der Waals surface area contributed by atoms with Crippen LogP contribution in [0.3, 0.4) is 0 Å². The fourth-order valence-corrected chi connectivity index (χ4v) is 2.77. The molecule has 0 fully saturated rings. The lowest BCUT2D eigenvalue weighted by Crippen LogP contribution is -2.30. The molecule has 1 aliphatic heterocycles. The van der Waals surface area contributed by atoms with Crippen molar-refractivity contribution in [1.29, 1.82) is 0 Å². The highest BCUT2D eigenvalue weighted by molar-refractivity contribution is 5.95. The number of carbonyl (C=O) groups is 1. The summed E-state index contributed by atoms with van der Waals surface area (Å²) in [5.74, 6) is -0.876. The Morgan fingerprint density at radius 1 is 1.15 bits per heavy atom. The monoisotopic (exact) mass is 363 g/mol. The number of fused-ring (bicyclic) bond motifs is 1. The van der Waals surface area contributed by atoms with Crippen molar-refractivity contribution in [3.63, 3.8) is 0 Å². The van der Waals surface area contributed by atoms with E-state index in [1.165, 1.54) is 18.1 Å². The summed E-state index contributed by atoms with van der Waals surface area (Å²) in [6, 6.07) is 6.30. The first-order chi connectivity index (χ1) is 12.4. The van der Waals surface area contributed by atoms with Gasteiger partial charge in [-0.05, 0) is 36.8 Å². The molecule has 3 rings (SSSR count). The van der Waals surface area contributed by atoms with E-state index in [0.717, 1.165) is 12.1 Å². The first kappa shape index (κ1) is 18.0. The van der Waals surface area contributed by atoms with Gasteiger partial charge in [-0.3, -0.25) is 4.79 Å². The first-order valence-electron chi connectivity index (χ1n) is 8.12. The Kier molecular flexibility index (Phi) is 4.97. The van der Waals surface area contributed by atoms with E-state index >= 15 is 0 Å². The highest BCUT2D eigenvalue weighted by Crippen LogP contribution is 2.40. The molecule has 0 aromatic heterocycles. The fourth-order valence-electron chi connectivity index (χ4n) is 2.77. The Balaban J connectivity index is 1.89. The van der Waals surface area contributed by atoms with Gasteiger partial charge in [0, 0.05) is 12.6 Å². The number of hydrogen-bond donors (Lipinski definition) is 0. The molecule has 0 N–H and O–H groups in total. The molecule has 0 radical (unpaired) electrons. The number of ether oxygens (including phenoxy) is 3. The third kappa shape index (κ3) is 3.29. The molecular weight excluding hydrogens is 344 g/mol. The molecule has 5 nitrogen and oxygen atoms in total. The van der Waals surface area contributed by atoms with Crippen molar-refractivity contribution in [3.8, 4) is 17.2 Å². The average molecular weight is 363 g/mol. The van der Waals surface area contributed by atoms with Gasteiger partial charge in [0.25, 0.3) is 5.91 Å². The summed E-state index contributed by atoms with van der Waals surface area (Å²) in [5, 5.41) is 0. The largest absolute Gasteiger partial charge is 0.493 e. The summed E-state index contributed by atoms with van der Waals surface area (Å²) in [6.45, 7) is 2.53. The van der Waals surface area contributed by atoms with E-state index in [4.69, 9.17) is 14.2 Å². The van der Waals surface area contributed by atoms with E-state index in [0.29, 0.717) is 41.6 Å². The van der Waals surface area contributed by atoms with Gasteiger partial charge < -0.3 is 19.1 Å². The van der Waals surface area contributed by atoms with Gasteiger partial charge in [0.15, 0.2) is 23.1 Å². The molecule has 138 valence electrons. The minimum absolute atomic E-state index is 0.308. The molecule has 1 unspecified atom stereocenters. The SMILES string of the molecule is COc1cc(C(=O)N(C)C(C)c2ccc(F)c(F)c2)cc2c1OCCO2. The maximum absolute atomic E-state index is 13.5. The molecule has 1 amide bonds. The Bertz CT molecular complexity index is 823. The maximum Gasteiger partial charge on any atom is 0.254 e. The van der Waals surface area contributed by atoms with Crippen LogP contribution in [0.25, 0.3) is 0 Å². The minimum atomic E-state index is -0.948. The number of hydrogen-bond acceptors (Lipinski definition) is 4. The van der Waals surface area contributed by atoms with Gasteiger partial charge in [-0.15, -0.1) is 0 Å². The van der Waals surface area contributed by atoms with Gasteiger partial charge in [-0.1, -0.05) is 6.07 Å². The number of nitrogens with zero attached hydrogens (tertiary/aromatic N) is 1. The van der Waals surface area contributed by atoms with Gasteiger partial charge in [0.05, 0.1) is 13.2 Å². The molecule has 0 bridgehead atoms. The minimum Gasteiger partial charge on any atom is -0.493 e. The highest BCUT2D eigenvalue weighted by Gasteiger charge is 2.25. The van der Waals surface area contributed by atoms with Crippen molar-refractivity contribution in [2.75, 3.05) is 27.4 Å². The molecule has 2 aromatic carbocycles. The highest BCUT2D eigenvalue weighted by atomic mass is 19.2. The van der Waals surface area contributed by atoms with Crippen LogP contribution < -0.4 is 14.2 Å². The second-order valence-corrected chi connectivity index (χ2v) is 5.97. The second kappa shape index (κ2) is 7.19. The number of carbonyl (C=O) groups excluding carboxylic acids is 1. The van der Waals surface area contributed by atoms with Crippen molar-refractivity contribution in [2.45, 2.75) is 13.0 Å². The molecule has 1 aliphatic rings. The Morgan fingerprint density at radius 2 is 1.88 bits per heavy atom. The van der Waals surface area contributed by atoms with Gasteiger partial charge in [0.1, 0.15) is 13.2 Å². The van der Waals surface area contributed by atoms with E-state index in [-0.39, 0.29) is 5.91 Å². The molecule has 0 spiro atoms. The predicted molar refractivity (Wildman–Crippen MR) is 90.9 cm³/mol. The smallest absolute Gasteiger partial charge is 0.254 e. The summed E-state index contributed by atoms with van der Waals surface area (Å²) < 4.78 is 43.0. The summed E-state index contributed by atoms with van der Waals surface area (Å²) in [5.41, 5.74) is 0.840. The lowest BCUT2D eigenvalue weighted by Gasteiger charge is -2.27. The number of benzene rings is 2. The van der Waals surface area contributed by atoms with Gasteiger partial charge in [0.2, 0.25) is 5.75 Å². The molecule has 1 atom stereocenters.